The molecule has 2 N–H and O–H groups in total. The van der Waals surface area contributed by atoms with E-state index in [1.165, 1.54) is 0 Å². The van der Waals surface area contributed by atoms with Gasteiger partial charge in [0.2, 0.25) is 0 Å². The molecule has 3 nitrogen and oxygen atoms in total. The van der Waals surface area contributed by atoms with Gasteiger partial charge in [0.15, 0.2) is 0 Å². The summed E-state index contributed by atoms with van der Waals surface area (Å²) in [7, 11) is 0. The lowest BCUT2D eigenvalue weighted by Gasteiger charge is -2.08. The van der Waals surface area contributed by atoms with Crippen LogP contribution in [0, 0.1) is 0 Å². The number of pyridine rings is 1. The molecular weight excluding hydrogens is 284 g/mol. The number of aromatic nitrogens is 1. The zero-order chi connectivity index (χ0) is 14.7. The second kappa shape index (κ2) is 6.12. The summed E-state index contributed by atoms with van der Waals surface area (Å²) < 4.78 is 5.71. The van der Waals surface area contributed by atoms with E-state index in [0.29, 0.717) is 19.0 Å². The number of para-hydroxylation sites is 1. The quantitative estimate of drug-likeness (QED) is 0.786. The first-order valence-corrected chi connectivity index (χ1v) is 7.06. The maximum atomic E-state index is 5.98. The lowest BCUT2D eigenvalue weighted by atomic mass is 10.1. The zero-order valence-electron chi connectivity index (χ0n) is 11.4. The number of nitrogens with zero attached hydrogens (tertiary/aromatic N) is 1. The van der Waals surface area contributed by atoms with Crippen molar-refractivity contribution in [3.05, 3.63) is 70.7 Å². The normalized spacial score (nSPS) is 10.9. The Kier molecular flexibility index (Phi) is 4.04. The maximum absolute atomic E-state index is 5.98. The molecule has 2 aromatic carbocycles. The number of fused-ring (bicyclic) bond motifs is 1. The topological polar surface area (TPSA) is 48.1 Å². The molecule has 0 amide bonds. The molecule has 0 aliphatic carbocycles. The van der Waals surface area contributed by atoms with Gasteiger partial charge in [-0.3, -0.25) is 0 Å². The van der Waals surface area contributed by atoms with Crippen molar-refractivity contribution < 1.29 is 4.74 Å². The molecule has 4 heteroatoms. The van der Waals surface area contributed by atoms with Crippen molar-refractivity contribution in [2.45, 2.75) is 13.2 Å². The Labute approximate surface area is 128 Å². The number of ether oxygens (including phenoxy) is 1. The summed E-state index contributed by atoms with van der Waals surface area (Å²) in [4.78, 5) is 4.39. The number of rotatable bonds is 4. The average Bonchev–Trinajstić information content (AvgIpc) is 2.50. The number of hydrogen-bond acceptors (Lipinski definition) is 3. The molecule has 0 unspecified atom stereocenters. The van der Waals surface area contributed by atoms with E-state index < -0.39 is 0 Å². The van der Waals surface area contributed by atoms with Gasteiger partial charge in [-0.05, 0) is 29.8 Å². The second-order valence-electron chi connectivity index (χ2n) is 4.84. The minimum Gasteiger partial charge on any atom is -0.383 e. The van der Waals surface area contributed by atoms with Gasteiger partial charge < -0.3 is 10.5 Å². The molecule has 1 heterocycles. The first-order valence-electron chi connectivity index (χ1n) is 6.69. The van der Waals surface area contributed by atoms with Gasteiger partial charge in [-0.15, -0.1) is 0 Å². The van der Waals surface area contributed by atoms with E-state index in [1.807, 2.05) is 54.6 Å². The molecule has 0 aliphatic rings. The van der Waals surface area contributed by atoms with Gasteiger partial charge >= 0.3 is 0 Å². The molecule has 0 radical (unpaired) electrons. The van der Waals surface area contributed by atoms with Crippen LogP contribution in [0.3, 0.4) is 0 Å². The SMILES string of the molecule is Nc1nc2ccccc2cc1COCc1ccc(Cl)cc1. The van der Waals surface area contributed by atoms with Crippen molar-refractivity contribution in [1.82, 2.24) is 4.98 Å². The lowest BCUT2D eigenvalue weighted by Crippen LogP contribution is -2.01. The number of nitrogen functional groups attached to an aromatic ring is 1. The monoisotopic (exact) mass is 298 g/mol. The van der Waals surface area contributed by atoms with E-state index in [9.17, 15) is 0 Å². The Balaban J connectivity index is 1.70. The van der Waals surface area contributed by atoms with Crippen molar-refractivity contribution in [1.29, 1.82) is 0 Å². The van der Waals surface area contributed by atoms with Crippen molar-refractivity contribution in [3.8, 4) is 0 Å². The van der Waals surface area contributed by atoms with Crippen molar-refractivity contribution in [2.24, 2.45) is 0 Å². The van der Waals surface area contributed by atoms with Crippen LogP contribution in [0.2, 0.25) is 5.02 Å². The fraction of sp³-hybridized carbons (Fsp3) is 0.118. The van der Waals surface area contributed by atoms with E-state index in [4.69, 9.17) is 22.1 Å². The molecule has 3 aromatic rings. The lowest BCUT2D eigenvalue weighted by molar-refractivity contribution is 0.107. The third kappa shape index (κ3) is 3.32. The van der Waals surface area contributed by atoms with E-state index in [1.54, 1.807) is 0 Å². The summed E-state index contributed by atoms with van der Waals surface area (Å²) in [6.45, 7) is 0.954. The third-order valence-corrected chi connectivity index (χ3v) is 3.53. The van der Waals surface area contributed by atoms with Crippen LogP contribution in [0.15, 0.2) is 54.6 Å². The van der Waals surface area contributed by atoms with Gasteiger partial charge in [-0.2, -0.15) is 0 Å². The Morgan fingerprint density at radius 1 is 1.00 bits per heavy atom. The van der Waals surface area contributed by atoms with E-state index in [2.05, 4.69) is 4.98 Å². The summed E-state index contributed by atoms with van der Waals surface area (Å²) in [6, 6.07) is 17.5. The predicted molar refractivity (Wildman–Crippen MR) is 86.1 cm³/mol. The highest BCUT2D eigenvalue weighted by atomic mass is 35.5. The number of hydrogen-bond donors (Lipinski definition) is 1. The van der Waals surface area contributed by atoms with Gasteiger partial charge in [-0.1, -0.05) is 41.9 Å². The Hall–Kier alpha value is -2.10. The van der Waals surface area contributed by atoms with E-state index in [-0.39, 0.29) is 0 Å². The summed E-state index contributed by atoms with van der Waals surface area (Å²) in [5, 5.41) is 1.79. The minimum atomic E-state index is 0.437. The maximum Gasteiger partial charge on any atom is 0.129 e. The molecule has 0 aliphatic heterocycles. The molecule has 21 heavy (non-hydrogen) atoms. The minimum absolute atomic E-state index is 0.437. The molecule has 3 rings (SSSR count). The van der Waals surface area contributed by atoms with Crippen LogP contribution in [-0.4, -0.2) is 4.98 Å². The largest absolute Gasteiger partial charge is 0.383 e. The van der Waals surface area contributed by atoms with Crippen molar-refractivity contribution >= 4 is 28.3 Å². The smallest absolute Gasteiger partial charge is 0.129 e. The highest BCUT2D eigenvalue weighted by molar-refractivity contribution is 6.30. The number of halogens is 1. The van der Waals surface area contributed by atoms with Crippen LogP contribution >= 0.6 is 11.6 Å². The molecule has 106 valence electrons. The molecule has 0 saturated carbocycles. The Morgan fingerprint density at radius 2 is 1.76 bits per heavy atom. The first-order chi connectivity index (χ1) is 10.2. The molecular formula is C17H15ClN2O. The summed E-state index contributed by atoms with van der Waals surface area (Å²) in [6.07, 6.45) is 0. The fourth-order valence-corrected chi connectivity index (χ4v) is 2.28. The van der Waals surface area contributed by atoms with Gasteiger partial charge in [0.05, 0.1) is 18.7 Å². The molecule has 0 saturated heterocycles. The predicted octanol–water partition coefficient (Wildman–Crippen LogP) is 4.19. The highest BCUT2D eigenvalue weighted by Crippen LogP contribution is 2.19. The molecule has 0 fully saturated rings. The van der Waals surface area contributed by atoms with Gasteiger partial charge in [0.1, 0.15) is 5.82 Å². The second-order valence-corrected chi connectivity index (χ2v) is 5.28. The standard InChI is InChI=1S/C17H15ClN2O/c18-15-7-5-12(6-8-15)10-21-11-14-9-13-3-1-2-4-16(13)20-17(14)19/h1-9H,10-11H2,(H2,19,20). The van der Waals surface area contributed by atoms with Gasteiger partial charge in [0.25, 0.3) is 0 Å². The van der Waals surface area contributed by atoms with Crippen molar-refractivity contribution in [3.63, 3.8) is 0 Å². The van der Waals surface area contributed by atoms with Crippen LogP contribution < -0.4 is 5.73 Å². The highest BCUT2D eigenvalue weighted by Gasteiger charge is 2.04. The Morgan fingerprint density at radius 3 is 2.57 bits per heavy atom. The third-order valence-electron chi connectivity index (χ3n) is 3.28. The molecule has 1 aromatic heterocycles. The van der Waals surface area contributed by atoms with Crippen LogP contribution in [0.4, 0.5) is 5.82 Å². The van der Waals surface area contributed by atoms with Gasteiger partial charge in [-0.25, -0.2) is 4.98 Å². The van der Waals surface area contributed by atoms with Crippen molar-refractivity contribution in [2.75, 3.05) is 5.73 Å². The number of anilines is 1. The zero-order valence-corrected chi connectivity index (χ0v) is 12.2. The van der Waals surface area contributed by atoms with Crippen LogP contribution in [0.1, 0.15) is 11.1 Å². The molecule has 0 spiro atoms. The number of nitrogens with two attached hydrogens (primary N) is 1. The number of benzene rings is 2. The van der Waals surface area contributed by atoms with Crippen LogP contribution in [0.25, 0.3) is 10.9 Å². The first kappa shape index (κ1) is 13.9. The van der Waals surface area contributed by atoms with Crippen LogP contribution in [0.5, 0.6) is 0 Å². The van der Waals surface area contributed by atoms with Gasteiger partial charge in [0, 0.05) is 16.0 Å². The Bertz CT molecular complexity index is 756. The summed E-state index contributed by atoms with van der Waals surface area (Å²) >= 11 is 5.85. The molecule has 0 atom stereocenters. The summed E-state index contributed by atoms with van der Waals surface area (Å²) in [5.41, 5.74) is 8.86. The molecule has 0 bridgehead atoms. The fourth-order valence-electron chi connectivity index (χ4n) is 2.15. The van der Waals surface area contributed by atoms with E-state index >= 15 is 0 Å². The van der Waals surface area contributed by atoms with E-state index in [0.717, 1.165) is 27.1 Å². The van der Waals surface area contributed by atoms with Crippen LogP contribution in [-0.2, 0) is 18.0 Å². The average molecular weight is 299 g/mol. The summed E-state index contributed by atoms with van der Waals surface area (Å²) in [5.74, 6) is 0.518.